The minimum atomic E-state index is -0.516. The van der Waals surface area contributed by atoms with Crippen molar-refractivity contribution < 1.29 is 4.74 Å². The van der Waals surface area contributed by atoms with Crippen LogP contribution in [0, 0.1) is 12.3 Å². The van der Waals surface area contributed by atoms with Gasteiger partial charge in [0.05, 0.1) is 24.1 Å². The number of aryl methyl sites for hydroxylation is 1. The topological polar surface area (TPSA) is 86.3 Å². The van der Waals surface area contributed by atoms with Gasteiger partial charge in [-0.2, -0.15) is 9.97 Å². The molecule has 1 spiro atoms. The van der Waals surface area contributed by atoms with E-state index < -0.39 is 11.4 Å². The normalized spacial score (nSPS) is 32.0. The fourth-order valence-corrected chi connectivity index (χ4v) is 4.91. The van der Waals surface area contributed by atoms with Crippen LogP contribution in [0.4, 0.5) is 5.95 Å². The van der Waals surface area contributed by atoms with Gasteiger partial charge in [-0.15, -0.1) is 11.6 Å². The Morgan fingerprint density at radius 2 is 2.04 bits per heavy atom. The molecule has 1 aromatic rings. The second-order valence-corrected chi connectivity index (χ2v) is 8.85. The number of ether oxygens (including phenoxy) is 1. The van der Waals surface area contributed by atoms with Gasteiger partial charge in [0.15, 0.2) is 0 Å². The van der Waals surface area contributed by atoms with Crippen molar-refractivity contribution in [1.29, 1.82) is 0 Å². The van der Waals surface area contributed by atoms with Crippen LogP contribution < -0.4 is 16.3 Å². The third kappa shape index (κ3) is 3.28. The summed E-state index contributed by atoms with van der Waals surface area (Å²) in [5.41, 5.74) is 6.03. The van der Waals surface area contributed by atoms with Gasteiger partial charge in [0.1, 0.15) is 5.82 Å². The van der Waals surface area contributed by atoms with Gasteiger partial charge in [0.25, 0.3) is 0 Å². The summed E-state index contributed by atoms with van der Waals surface area (Å²) in [5, 5.41) is -0.0200. The number of nitrogens with two attached hydrogens (primary N) is 1. The SMILES string of the molecule is Cc1nc(N2CCC3(CC2)CO[C@@H](C)[C@H]3N)nc(=O)n1[C@@H]1C=CC=C(Cl)C1Cl. The number of hydrogen-bond donors (Lipinski definition) is 1. The van der Waals surface area contributed by atoms with Crippen LogP contribution in [0.5, 0.6) is 0 Å². The number of aromatic nitrogens is 3. The molecule has 0 amide bonds. The number of allylic oxidation sites excluding steroid dienone is 4. The van der Waals surface area contributed by atoms with E-state index in [1.165, 1.54) is 4.57 Å². The van der Waals surface area contributed by atoms with Crippen LogP contribution in [0.1, 0.15) is 31.6 Å². The van der Waals surface area contributed by atoms with E-state index in [4.69, 9.17) is 33.7 Å². The summed E-state index contributed by atoms with van der Waals surface area (Å²) >= 11 is 12.5. The zero-order valence-corrected chi connectivity index (χ0v) is 17.5. The molecular formula is C19H25Cl2N5O2. The van der Waals surface area contributed by atoms with Crippen molar-refractivity contribution in [1.82, 2.24) is 14.5 Å². The first-order valence-corrected chi connectivity index (χ1v) is 10.4. The maximum atomic E-state index is 12.8. The molecule has 0 saturated carbocycles. The molecule has 0 bridgehead atoms. The Morgan fingerprint density at radius 1 is 1.32 bits per heavy atom. The minimum absolute atomic E-state index is 0.0156. The second-order valence-electron chi connectivity index (χ2n) is 7.94. The van der Waals surface area contributed by atoms with E-state index in [-0.39, 0.29) is 23.3 Å². The average Bonchev–Trinajstić information content (AvgIpc) is 2.94. The quantitative estimate of drug-likeness (QED) is 0.730. The average molecular weight is 426 g/mol. The molecule has 4 rings (SSSR count). The Bertz CT molecular complexity index is 876. The lowest BCUT2D eigenvalue weighted by Gasteiger charge is -2.41. The Balaban J connectivity index is 1.54. The van der Waals surface area contributed by atoms with E-state index in [1.807, 2.05) is 13.0 Å². The van der Waals surface area contributed by atoms with Crippen LogP contribution >= 0.6 is 23.2 Å². The van der Waals surface area contributed by atoms with Crippen molar-refractivity contribution >= 4 is 29.2 Å². The highest BCUT2D eigenvalue weighted by molar-refractivity contribution is 6.37. The monoisotopic (exact) mass is 425 g/mol. The van der Waals surface area contributed by atoms with Gasteiger partial charge in [-0.25, -0.2) is 4.79 Å². The van der Waals surface area contributed by atoms with Crippen molar-refractivity contribution in [2.24, 2.45) is 11.1 Å². The molecular weight excluding hydrogens is 401 g/mol. The first-order valence-electron chi connectivity index (χ1n) is 9.60. The summed E-state index contributed by atoms with van der Waals surface area (Å²) in [6, 6.07) is -0.359. The van der Waals surface area contributed by atoms with Crippen LogP contribution in [0.25, 0.3) is 0 Å². The first-order chi connectivity index (χ1) is 13.3. The Hall–Kier alpha value is -1.41. The number of hydrogen-bond acceptors (Lipinski definition) is 6. The molecule has 0 aromatic carbocycles. The highest BCUT2D eigenvalue weighted by atomic mass is 35.5. The molecule has 3 aliphatic rings. The van der Waals surface area contributed by atoms with Crippen molar-refractivity contribution in [2.75, 3.05) is 24.6 Å². The summed E-state index contributed by atoms with van der Waals surface area (Å²) in [6.07, 6.45) is 7.26. The molecule has 1 aliphatic carbocycles. The zero-order valence-electron chi connectivity index (χ0n) is 16.0. The number of alkyl halides is 1. The lowest BCUT2D eigenvalue weighted by Crippen LogP contribution is -2.51. The molecule has 2 N–H and O–H groups in total. The molecule has 7 nitrogen and oxygen atoms in total. The maximum absolute atomic E-state index is 12.8. The van der Waals surface area contributed by atoms with Crippen LogP contribution in [-0.2, 0) is 4.74 Å². The highest BCUT2D eigenvalue weighted by Gasteiger charge is 2.47. The van der Waals surface area contributed by atoms with Gasteiger partial charge in [-0.1, -0.05) is 23.8 Å². The molecule has 1 aromatic heterocycles. The van der Waals surface area contributed by atoms with Gasteiger partial charge in [0, 0.05) is 29.6 Å². The second kappa shape index (κ2) is 7.44. The van der Waals surface area contributed by atoms with E-state index in [0.717, 1.165) is 25.9 Å². The fourth-order valence-electron chi connectivity index (χ4n) is 4.44. The van der Waals surface area contributed by atoms with Gasteiger partial charge < -0.3 is 15.4 Å². The predicted molar refractivity (Wildman–Crippen MR) is 110 cm³/mol. The van der Waals surface area contributed by atoms with Gasteiger partial charge in [-0.05, 0) is 32.8 Å². The maximum Gasteiger partial charge on any atom is 0.352 e. The largest absolute Gasteiger partial charge is 0.376 e. The van der Waals surface area contributed by atoms with E-state index in [1.54, 1.807) is 19.1 Å². The Kier molecular flexibility index (Phi) is 5.29. The van der Waals surface area contributed by atoms with E-state index in [0.29, 0.717) is 23.4 Å². The zero-order chi connectivity index (χ0) is 20.1. The smallest absolute Gasteiger partial charge is 0.352 e. The Morgan fingerprint density at radius 3 is 2.64 bits per heavy atom. The van der Waals surface area contributed by atoms with E-state index >= 15 is 0 Å². The number of halogens is 2. The first kappa shape index (κ1) is 19.9. The minimum Gasteiger partial charge on any atom is -0.376 e. The lowest BCUT2D eigenvalue weighted by molar-refractivity contribution is 0.0973. The van der Waals surface area contributed by atoms with Gasteiger partial charge in [0.2, 0.25) is 5.95 Å². The van der Waals surface area contributed by atoms with Crippen LogP contribution in [0.15, 0.2) is 28.1 Å². The standard InChI is InChI=1S/C19H25Cl2N5O2/c1-11-16(22)19(10-28-11)6-8-25(9-7-19)17-23-12(2)26(18(27)24-17)14-5-3-4-13(20)15(14)21/h3-5,11,14-16H,6-10,22H2,1-2H3/t11-,14+,15?,16+/m0/s1. The molecule has 2 saturated heterocycles. The molecule has 9 heteroatoms. The molecule has 4 atom stereocenters. The molecule has 0 radical (unpaired) electrons. The number of piperidine rings is 1. The summed E-state index contributed by atoms with van der Waals surface area (Å²) < 4.78 is 7.28. The molecule has 2 fully saturated rings. The predicted octanol–water partition coefficient (Wildman–Crippen LogP) is 2.12. The van der Waals surface area contributed by atoms with Crippen molar-refractivity contribution in [3.05, 3.63) is 39.6 Å². The molecule has 152 valence electrons. The lowest BCUT2D eigenvalue weighted by atomic mass is 9.73. The fraction of sp³-hybridized carbons (Fsp3) is 0.632. The van der Waals surface area contributed by atoms with Gasteiger partial charge >= 0.3 is 5.69 Å². The van der Waals surface area contributed by atoms with Crippen molar-refractivity contribution in [3.63, 3.8) is 0 Å². The summed E-state index contributed by atoms with van der Waals surface area (Å²) in [7, 11) is 0. The molecule has 1 unspecified atom stereocenters. The van der Waals surface area contributed by atoms with Crippen LogP contribution in [-0.4, -0.2) is 51.8 Å². The third-order valence-corrected chi connectivity index (χ3v) is 7.29. The summed E-state index contributed by atoms with van der Waals surface area (Å²) in [4.78, 5) is 23.7. The molecule has 2 aliphatic heterocycles. The third-order valence-electron chi connectivity index (χ3n) is 6.33. The van der Waals surface area contributed by atoms with E-state index in [9.17, 15) is 4.79 Å². The van der Waals surface area contributed by atoms with Gasteiger partial charge in [-0.3, -0.25) is 4.57 Å². The van der Waals surface area contributed by atoms with Crippen molar-refractivity contribution in [3.8, 4) is 0 Å². The Labute approximate surface area is 174 Å². The van der Waals surface area contributed by atoms with Crippen LogP contribution in [0.3, 0.4) is 0 Å². The number of nitrogens with zero attached hydrogens (tertiary/aromatic N) is 4. The van der Waals surface area contributed by atoms with Crippen LogP contribution in [0.2, 0.25) is 0 Å². The number of rotatable bonds is 2. The van der Waals surface area contributed by atoms with E-state index in [2.05, 4.69) is 14.9 Å². The summed E-state index contributed by atoms with van der Waals surface area (Å²) in [5.74, 6) is 1.03. The molecule has 28 heavy (non-hydrogen) atoms. The molecule has 3 heterocycles. The number of anilines is 1. The highest BCUT2D eigenvalue weighted by Crippen LogP contribution is 2.41. The van der Waals surface area contributed by atoms with Crippen molar-refractivity contribution in [2.45, 2.75) is 50.3 Å². The summed E-state index contributed by atoms with van der Waals surface area (Å²) in [6.45, 7) is 6.03.